The number of aromatic nitrogens is 2. The second-order valence-corrected chi connectivity index (χ2v) is 6.56. The molecule has 1 fully saturated rings. The first-order valence-electron chi connectivity index (χ1n) is 6.18. The minimum absolute atomic E-state index is 0.0171. The van der Waals surface area contributed by atoms with Crippen LogP contribution in [-0.4, -0.2) is 59.7 Å². The van der Waals surface area contributed by atoms with Gasteiger partial charge in [-0.25, -0.2) is 13.4 Å². The van der Waals surface area contributed by atoms with Crippen LogP contribution in [0.15, 0.2) is 17.6 Å². The summed E-state index contributed by atoms with van der Waals surface area (Å²) in [7, 11) is -2.46. The Morgan fingerprint density at radius 1 is 1.60 bits per heavy atom. The van der Waals surface area contributed by atoms with Gasteiger partial charge in [0.15, 0.2) is 5.03 Å². The van der Waals surface area contributed by atoms with E-state index in [1.807, 2.05) is 6.92 Å². The topological polar surface area (TPSA) is 102 Å². The summed E-state index contributed by atoms with van der Waals surface area (Å²) in [6.07, 6.45) is 2.86. The molecule has 1 aromatic heterocycles. The van der Waals surface area contributed by atoms with Crippen LogP contribution in [0.3, 0.4) is 0 Å². The van der Waals surface area contributed by atoms with Crippen molar-refractivity contribution in [1.29, 1.82) is 0 Å². The number of likely N-dealkylation sites (N-methyl/N-ethyl adjacent to an activating group) is 1. The number of carboxylic acid groups (broad SMARTS) is 1. The average Bonchev–Trinajstić information content (AvgIpc) is 3.06. The van der Waals surface area contributed by atoms with Crippen LogP contribution in [0.1, 0.15) is 6.92 Å². The number of imidazole rings is 1. The lowest BCUT2D eigenvalue weighted by atomic mass is 10.1. The van der Waals surface area contributed by atoms with Gasteiger partial charge in [-0.3, -0.25) is 4.79 Å². The molecule has 9 heteroatoms. The van der Waals surface area contributed by atoms with E-state index in [0.717, 1.165) is 4.31 Å². The fourth-order valence-electron chi connectivity index (χ4n) is 2.11. The van der Waals surface area contributed by atoms with E-state index in [2.05, 4.69) is 4.98 Å². The molecule has 2 rings (SSSR count). The Hall–Kier alpha value is -1.45. The molecule has 0 spiro atoms. The lowest BCUT2D eigenvalue weighted by Gasteiger charge is -2.24. The number of hydrogen-bond donors (Lipinski definition) is 1. The number of nitrogens with zero attached hydrogens (tertiary/aromatic N) is 3. The third-order valence-corrected chi connectivity index (χ3v) is 5.22. The molecule has 1 aliphatic heterocycles. The van der Waals surface area contributed by atoms with Crippen LogP contribution in [0, 0.1) is 5.92 Å². The molecule has 1 aliphatic rings. The fraction of sp³-hybridized carbons (Fsp3) is 0.636. The quantitative estimate of drug-likeness (QED) is 0.796. The maximum atomic E-state index is 12.4. The normalized spacial score (nSPS) is 23.4. The highest BCUT2D eigenvalue weighted by molar-refractivity contribution is 7.89. The molecule has 2 atom stereocenters. The zero-order valence-corrected chi connectivity index (χ0v) is 12.1. The highest BCUT2D eigenvalue weighted by atomic mass is 32.2. The number of carbonyl (C=O) groups is 1. The molecule has 0 saturated carbocycles. The van der Waals surface area contributed by atoms with Gasteiger partial charge >= 0.3 is 5.97 Å². The van der Waals surface area contributed by atoms with E-state index in [-0.39, 0.29) is 18.2 Å². The van der Waals surface area contributed by atoms with E-state index >= 15 is 0 Å². The summed E-state index contributed by atoms with van der Waals surface area (Å²) in [5.41, 5.74) is 0. The van der Waals surface area contributed by atoms with Crippen molar-refractivity contribution < 1.29 is 23.1 Å². The zero-order chi connectivity index (χ0) is 14.9. The van der Waals surface area contributed by atoms with Gasteiger partial charge in [-0.05, 0) is 6.92 Å². The Morgan fingerprint density at radius 3 is 2.85 bits per heavy atom. The Labute approximate surface area is 117 Å². The van der Waals surface area contributed by atoms with Gasteiger partial charge in [-0.1, -0.05) is 0 Å². The van der Waals surface area contributed by atoms with Gasteiger partial charge in [-0.15, -0.1) is 0 Å². The molecular weight excluding hydrogens is 286 g/mol. The minimum atomic E-state index is -3.82. The first-order valence-corrected chi connectivity index (χ1v) is 7.62. The van der Waals surface area contributed by atoms with Crippen molar-refractivity contribution in [2.24, 2.45) is 5.92 Å². The highest BCUT2D eigenvalue weighted by Gasteiger charge is 2.42. The summed E-state index contributed by atoms with van der Waals surface area (Å²) in [5, 5.41) is 9.00. The average molecular weight is 303 g/mol. The standard InChI is InChI=1S/C11H17N3O5S/c1-3-14-4-10(12-7-14)20(17,18)13(2)9-6-19-5-8(9)11(15)16/h4,7-9H,3,5-6H2,1-2H3,(H,15,16). The van der Waals surface area contributed by atoms with E-state index in [4.69, 9.17) is 9.84 Å². The molecule has 0 amide bonds. The van der Waals surface area contributed by atoms with Crippen LogP contribution in [0.2, 0.25) is 0 Å². The van der Waals surface area contributed by atoms with Crippen LogP contribution in [0.25, 0.3) is 0 Å². The summed E-state index contributed by atoms with van der Waals surface area (Å²) < 4.78 is 32.6. The summed E-state index contributed by atoms with van der Waals surface area (Å²) in [6.45, 7) is 2.56. The predicted octanol–water partition coefficient (Wildman–Crippen LogP) is -0.377. The zero-order valence-electron chi connectivity index (χ0n) is 11.3. The van der Waals surface area contributed by atoms with Crippen molar-refractivity contribution in [3.05, 3.63) is 12.5 Å². The van der Waals surface area contributed by atoms with Crippen molar-refractivity contribution in [2.45, 2.75) is 24.5 Å². The van der Waals surface area contributed by atoms with Gasteiger partial charge in [0.05, 0.1) is 31.5 Å². The third kappa shape index (κ3) is 2.56. The fourth-order valence-corrected chi connectivity index (χ4v) is 3.42. The largest absolute Gasteiger partial charge is 0.481 e. The number of ether oxygens (including phenoxy) is 1. The Morgan fingerprint density at radius 2 is 2.30 bits per heavy atom. The first-order chi connectivity index (χ1) is 9.37. The lowest BCUT2D eigenvalue weighted by Crippen LogP contribution is -2.44. The predicted molar refractivity (Wildman–Crippen MR) is 68.6 cm³/mol. The molecule has 1 saturated heterocycles. The summed E-state index contributed by atoms with van der Waals surface area (Å²) >= 11 is 0. The van der Waals surface area contributed by atoms with Gasteiger partial charge in [-0.2, -0.15) is 4.31 Å². The van der Waals surface area contributed by atoms with Crippen LogP contribution in [0.5, 0.6) is 0 Å². The second kappa shape index (κ2) is 5.51. The summed E-state index contributed by atoms with van der Waals surface area (Å²) in [4.78, 5) is 15.0. The summed E-state index contributed by atoms with van der Waals surface area (Å²) in [6, 6.07) is -0.718. The number of hydrogen-bond acceptors (Lipinski definition) is 5. The van der Waals surface area contributed by atoms with E-state index in [9.17, 15) is 13.2 Å². The molecule has 8 nitrogen and oxygen atoms in total. The SMILES string of the molecule is CCn1cnc(S(=O)(=O)N(C)C2COCC2C(=O)O)c1. The van der Waals surface area contributed by atoms with Crippen LogP contribution < -0.4 is 0 Å². The van der Waals surface area contributed by atoms with Gasteiger partial charge < -0.3 is 14.4 Å². The number of carboxylic acids is 1. The van der Waals surface area contributed by atoms with E-state index in [1.54, 1.807) is 4.57 Å². The molecule has 0 aromatic carbocycles. The summed E-state index contributed by atoms with van der Waals surface area (Å²) in [5.74, 6) is -1.92. The molecule has 1 N–H and O–H groups in total. The molecule has 20 heavy (non-hydrogen) atoms. The van der Waals surface area contributed by atoms with E-state index < -0.39 is 28.0 Å². The highest BCUT2D eigenvalue weighted by Crippen LogP contribution is 2.24. The Bertz CT molecular complexity index is 597. The number of sulfonamides is 1. The smallest absolute Gasteiger partial charge is 0.310 e. The molecule has 2 unspecified atom stereocenters. The van der Waals surface area contributed by atoms with E-state index in [1.165, 1.54) is 19.6 Å². The van der Waals surface area contributed by atoms with Gasteiger partial charge in [0.2, 0.25) is 0 Å². The van der Waals surface area contributed by atoms with Crippen LogP contribution in [0.4, 0.5) is 0 Å². The van der Waals surface area contributed by atoms with Crippen molar-refractivity contribution >= 4 is 16.0 Å². The molecule has 0 bridgehead atoms. The van der Waals surface area contributed by atoms with Crippen LogP contribution in [-0.2, 0) is 26.1 Å². The third-order valence-electron chi connectivity index (χ3n) is 3.45. The Kier molecular flexibility index (Phi) is 4.11. The first kappa shape index (κ1) is 14.9. The van der Waals surface area contributed by atoms with Gasteiger partial charge in [0, 0.05) is 19.8 Å². The van der Waals surface area contributed by atoms with Crippen molar-refractivity contribution in [1.82, 2.24) is 13.9 Å². The minimum Gasteiger partial charge on any atom is -0.481 e. The maximum Gasteiger partial charge on any atom is 0.310 e. The second-order valence-electron chi connectivity index (χ2n) is 4.61. The molecule has 0 radical (unpaired) electrons. The van der Waals surface area contributed by atoms with Gasteiger partial charge in [0.1, 0.15) is 0 Å². The molecule has 0 aliphatic carbocycles. The number of aryl methyl sites for hydroxylation is 1. The molecular formula is C11H17N3O5S. The van der Waals surface area contributed by atoms with Crippen molar-refractivity contribution in [3.63, 3.8) is 0 Å². The van der Waals surface area contributed by atoms with Crippen molar-refractivity contribution in [2.75, 3.05) is 20.3 Å². The monoisotopic (exact) mass is 303 g/mol. The molecule has 1 aromatic rings. The maximum absolute atomic E-state index is 12.4. The van der Waals surface area contributed by atoms with Crippen LogP contribution >= 0.6 is 0 Å². The number of aliphatic carboxylic acids is 1. The number of rotatable bonds is 5. The van der Waals surface area contributed by atoms with Crippen molar-refractivity contribution in [3.8, 4) is 0 Å². The molecule has 112 valence electrons. The lowest BCUT2D eigenvalue weighted by molar-refractivity contribution is -0.142. The molecule has 2 heterocycles. The Balaban J connectivity index is 2.27. The van der Waals surface area contributed by atoms with Gasteiger partial charge in [0.25, 0.3) is 10.0 Å². The van der Waals surface area contributed by atoms with E-state index in [0.29, 0.717) is 6.54 Å².